The van der Waals surface area contributed by atoms with E-state index in [2.05, 4.69) is 5.32 Å². The zero-order valence-electron chi connectivity index (χ0n) is 15.3. The molecule has 0 fully saturated rings. The second-order valence-electron chi connectivity index (χ2n) is 6.76. The number of amides is 3. The van der Waals surface area contributed by atoms with Crippen LogP contribution in [0.5, 0.6) is 0 Å². The summed E-state index contributed by atoms with van der Waals surface area (Å²) in [5.41, 5.74) is 2.74. The van der Waals surface area contributed by atoms with Gasteiger partial charge >= 0.3 is 0 Å². The van der Waals surface area contributed by atoms with Crippen molar-refractivity contribution in [3.63, 3.8) is 0 Å². The van der Waals surface area contributed by atoms with Crippen LogP contribution < -0.4 is 5.32 Å². The molecule has 1 unspecified atom stereocenters. The summed E-state index contributed by atoms with van der Waals surface area (Å²) in [6.07, 6.45) is 0.649. The number of carbonyl (C=O) groups is 3. The van der Waals surface area contributed by atoms with Crippen molar-refractivity contribution >= 4 is 29.3 Å². The van der Waals surface area contributed by atoms with Gasteiger partial charge in [-0.3, -0.25) is 19.3 Å². The molecule has 1 heterocycles. The Balaban J connectivity index is 1.52. The van der Waals surface area contributed by atoms with Crippen molar-refractivity contribution in [1.82, 2.24) is 10.2 Å². The van der Waals surface area contributed by atoms with Gasteiger partial charge in [-0.05, 0) is 50.1 Å². The fraction of sp³-hybridized carbons (Fsp3) is 0.286. The van der Waals surface area contributed by atoms with Gasteiger partial charge in [-0.2, -0.15) is 0 Å². The average Bonchev–Trinajstić information content (AvgIpc) is 2.86. The SMILES string of the molecule is Cc1ccc2c(c1)C(=O)N(CCCC(=O)NC(C)c1cccc(Cl)c1)C2=O. The van der Waals surface area contributed by atoms with E-state index < -0.39 is 0 Å². The van der Waals surface area contributed by atoms with Crippen LogP contribution in [0.3, 0.4) is 0 Å². The molecular formula is C21H21ClN2O3. The lowest BCUT2D eigenvalue weighted by Gasteiger charge is -2.16. The van der Waals surface area contributed by atoms with Crippen LogP contribution in [0.2, 0.25) is 5.02 Å². The minimum atomic E-state index is -0.289. The number of nitrogens with one attached hydrogen (secondary N) is 1. The molecule has 0 aliphatic carbocycles. The number of carbonyl (C=O) groups excluding carboxylic acids is 3. The molecule has 3 rings (SSSR count). The molecule has 1 N–H and O–H groups in total. The normalized spacial score (nSPS) is 14.3. The first kappa shape index (κ1) is 19.1. The smallest absolute Gasteiger partial charge is 0.261 e. The monoisotopic (exact) mass is 384 g/mol. The van der Waals surface area contributed by atoms with Crippen LogP contribution in [-0.4, -0.2) is 29.2 Å². The van der Waals surface area contributed by atoms with Crippen LogP contribution >= 0.6 is 11.6 Å². The Morgan fingerprint density at radius 3 is 2.59 bits per heavy atom. The zero-order chi connectivity index (χ0) is 19.6. The number of imide groups is 1. The number of nitrogens with zero attached hydrogens (tertiary/aromatic N) is 1. The van der Waals surface area contributed by atoms with Crippen molar-refractivity contribution in [3.05, 3.63) is 69.7 Å². The highest BCUT2D eigenvalue weighted by Crippen LogP contribution is 2.24. The van der Waals surface area contributed by atoms with Crippen LogP contribution in [0, 0.1) is 6.92 Å². The number of aryl methyl sites for hydroxylation is 1. The van der Waals surface area contributed by atoms with Gasteiger partial charge in [0.1, 0.15) is 0 Å². The standard InChI is InChI=1S/C21H21ClN2O3/c1-13-8-9-17-18(11-13)21(27)24(20(17)26)10-4-7-19(25)23-14(2)15-5-3-6-16(22)12-15/h3,5-6,8-9,11-12,14H,4,7,10H2,1-2H3,(H,23,25). The molecule has 0 saturated heterocycles. The summed E-state index contributed by atoms with van der Waals surface area (Å²) in [4.78, 5) is 38.2. The largest absolute Gasteiger partial charge is 0.350 e. The Kier molecular flexibility index (Phi) is 5.61. The first-order valence-corrected chi connectivity index (χ1v) is 9.26. The highest BCUT2D eigenvalue weighted by Gasteiger charge is 2.34. The molecule has 3 amide bonds. The van der Waals surface area contributed by atoms with E-state index in [9.17, 15) is 14.4 Å². The second kappa shape index (κ2) is 7.92. The third-order valence-corrected chi connectivity index (χ3v) is 4.87. The van der Waals surface area contributed by atoms with E-state index in [1.165, 1.54) is 4.90 Å². The molecular weight excluding hydrogens is 364 g/mol. The van der Waals surface area contributed by atoms with E-state index in [-0.39, 0.29) is 36.7 Å². The maximum Gasteiger partial charge on any atom is 0.261 e. The van der Waals surface area contributed by atoms with Crippen molar-refractivity contribution in [2.45, 2.75) is 32.7 Å². The molecule has 1 aliphatic rings. The molecule has 0 bridgehead atoms. The molecule has 0 radical (unpaired) electrons. The maximum atomic E-state index is 12.4. The molecule has 6 heteroatoms. The number of hydrogen-bond donors (Lipinski definition) is 1. The minimum absolute atomic E-state index is 0.130. The van der Waals surface area contributed by atoms with Gasteiger partial charge in [0.15, 0.2) is 0 Å². The fourth-order valence-corrected chi connectivity index (χ4v) is 3.38. The number of rotatable bonds is 6. The van der Waals surface area contributed by atoms with Crippen molar-refractivity contribution in [3.8, 4) is 0 Å². The minimum Gasteiger partial charge on any atom is -0.350 e. The van der Waals surface area contributed by atoms with Crippen LogP contribution in [0.1, 0.15) is 57.7 Å². The van der Waals surface area contributed by atoms with Crippen molar-refractivity contribution in [2.24, 2.45) is 0 Å². The molecule has 1 atom stereocenters. The second-order valence-corrected chi connectivity index (χ2v) is 7.20. The summed E-state index contributed by atoms with van der Waals surface area (Å²) in [6, 6.07) is 12.4. The summed E-state index contributed by atoms with van der Waals surface area (Å²) in [5, 5.41) is 3.53. The quantitative estimate of drug-likeness (QED) is 0.768. The molecule has 2 aromatic carbocycles. The zero-order valence-corrected chi connectivity index (χ0v) is 16.0. The van der Waals surface area contributed by atoms with E-state index in [0.29, 0.717) is 22.6 Å². The van der Waals surface area contributed by atoms with E-state index in [1.807, 2.05) is 38.1 Å². The van der Waals surface area contributed by atoms with Gasteiger partial charge in [-0.15, -0.1) is 0 Å². The van der Waals surface area contributed by atoms with Crippen LogP contribution in [0.4, 0.5) is 0 Å². The van der Waals surface area contributed by atoms with Gasteiger partial charge < -0.3 is 5.32 Å². The molecule has 0 saturated carbocycles. The maximum absolute atomic E-state index is 12.4. The lowest BCUT2D eigenvalue weighted by molar-refractivity contribution is -0.121. The topological polar surface area (TPSA) is 66.5 Å². The highest BCUT2D eigenvalue weighted by atomic mass is 35.5. The van der Waals surface area contributed by atoms with Crippen molar-refractivity contribution < 1.29 is 14.4 Å². The molecule has 2 aromatic rings. The van der Waals surface area contributed by atoms with Gasteiger partial charge in [-0.1, -0.05) is 35.4 Å². The Bertz CT molecular complexity index is 910. The first-order valence-electron chi connectivity index (χ1n) is 8.88. The van der Waals surface area contributed by atoms with E-state index >= 15 is 0 Å². The van der Waals surface area contributed by atoms with Gasteiger partial charge in [0.05, 0.1) is 17.2 Å². The summed E-state index contributed by atoms with van der Waals surface area (Å²) >= 11 is 5.98. The first-order chi connectivity index (χ1) is 12.9. The summed E-state index contributed by atoms with van der Waals surface area (Å²) in [5.74, 6) is -0.705. The number of hydrogen-bond acceptors (Lipinski definition) is 3. The third kappa shape index (κ3) is 4.19. The Labute approximate surface area is 163 Å². The fourth-order valence-electron chi connectivity index (χ4n) is 3.18. The summed E-state index contributed by atoms with van der Waals surface area (Å²) in [6.45, 7) is 3.99. The number of benzene rings is 2. The van der Waals surface area contributed by atoms with Crippen LogP contribution in [0.15, 0.2) is 42.5 Å². The molecule has 27 heavy (non-hydrogen) atoms. The number of fused-ring (bicyclic) bond motifs is 1. The molecule has 1 aliphatic heterocycles. The molecule has 0 spiro atoms. The Hall–Kier alpha value is -2.66. The average molecular weight is 385 g/mol. The van der Waals surface area contributed by atoms with Gasteiger partial charge in [0.2, 0.25) is 5.91 Å². The molecule has 5 nitrogen and oxygen atoms in total. The number of halogens is 1. The predicted octanol–water partition coefficient (Wildman–Crippen LogP) is 3.90. The molecule has 140 valence electrons. The van der Waals surface area contributed by atoms with E-state index in [1.54, 1.807) is 18.2 Å². The van der Waals surface area contributed by atoms with Gasteiger partial charge in [0, 0.05) is 18.0 Å². The Morgan fingerprint density at radius 2 is 1.85 bits per heavy atom. The van der Waals surface area contributed by atoms with E-state index in [0.717, 1.165) is 11.1 Å². The van der Waals surface area contributed by atoms with Crippen molar-refractivity contribution in [1.29, 1.82) is 0 Å². The van der Waals surface area contributed by atoms with Gasteiger partial charge in [-0.25, -0.2) is 0 Å². The summed E-state index contributed by atoms with van der Waals surface area (Å²) < 4.78 is 0. The highest BCUT2D eigenvalue weighted by molar-refractivity contribution is 6.30. The Morgan fingerprint density at radius 1 is 1.11 bits per heavy atom. The third-order valence-electron chi connectivity index (χ3n) is 4.64. The van der Waals surface area contributed by atoms with Crippen LogP contribution in [-0.2, 0) is 4.79 Å². The predicted molar refractivity (Wildman–Crippen MR) is 104 cm³/mol. The van der Waals surface area contributed by atoms with Crippen molar-refractivity contribution in [2.75, 3.05) is 6.54 Å². The van der Waals surface area contributed by atoms with E-state index in [4.69, 9.17) is 11.6 Å². The lowest BCUT2D eigenvalue weighted by atomic mass is 10.1. The summed E-state index contributed by atoms with van der Waals surface area (Å²) in [7, 11) is 0. The van der Waals surface area contributed by atoms with Gasteiger partial charge in [0.25, 0.3) is 11.8 Å². The molecule has 0 aromatic heterocycles. The lowest BCUT2D eigenvalue weighted by Crippen LogP contribution is -2.32. The van der Waals surface area contributed by atoms with Crippen LogP contribution in [0.25, 0.3) is 0 Å².